The van der Waals surface area contributed by atoms with Crippen molar-refractivity contribution in [2.24, 2.45) is 5.92 Å². The van der Waals surface area contributed by atoms with Gasteiger partial charge in [0.2, 0.25) is 5.95 Å². The maximum absolute atomic E-state index is 13.2. The van der Waals surface area contributed by atoms with Gasteiger partial charge in [-0.15, -0.1) is 0 Å². The van der Waals surface area contributed by atoms with Crippen LogP contribution in [0.3, 0.4) is 0 Å². The van der Waals surface area contributed by atoms with Crippen molar-refractivity contribution in [3.63, 3.8) is 0 Å². The molecule has 0 saturated carbocycles. The number of imidazole rings is 1. The van der Waals surface area contributed by atoms with Crippen LogP contribution in [0.4, 0.5) is 11.8 Å². The second kappa shape index (κ2) is 7.27. The van der Waals surface area contributed by atoms with Crippen molar-refractivity contribution < 1.29 is 0 Å². The van der Waals surface area contributed by atoms with Gasteiger partial charge in [-0.2, -0.15) is 4.98 Å². The van der Waals surface area contributed by atoms with Crippen LogP contribution in [-0.4, -0.2) is 51.7 Å². The third-order valence-corrected chi connectivity index (χ3v) is 6.20. The van der Waals surface area contributed by atoms with Gasteiger partial charge in [0.1, 0.15) is 11.6 Å². The summed E-state index contributed by atoms with van der Waals surface area (Å²) in [6.45, 7) is 4.63. The van der Waals surface area contributed by atoms with E-state index in [0.717, 1.165) is 55.6 Å². The molecule has 1 fully saturated rings. The molecule has 0 amide bonds. The standard InChI is InChI=1S/C22H27N7O/c1-4-16-10-19(26-22(25-16)27(2)3)28-11-14-9-15(13-28)18-6-5-17(20-23-7-8-24-20)21(30)29(18)12-14/h5-8,10,14-15H,4,9,11-13H2,1-3H3,(H,23,24)/t14-,15+/m0/s1. The fraction of sp³-hybridized carbons (Fsp3) is 0.455. The minimum Gasteiger partial charge on any atom is -0.355 e. The quantitative estimate of drug-likeness (QED) is 0.717. The van der Waals surface area contributed by atoms with Crippen molar-refractivity contribution in [1.29, 1.82) is 0 Å². The first-order valence-corrected chi connectivity index (χ1v) is 10.6. The summed E-state index contributed by atoms with van der Waals surface area (Å²) in [4.78, 5) is 34.3. The molecule has 0 aromatic carbocycles. The fourth-order valence-electron chi connectivity index (χ4n) is 4.74. The van der Waals surface area contributed by atoms with Gasteiger partial charge in [-0.3, -0.25) is 4.79 Å². The number of aromatic amines is 1. The molecule has 156 valence electrons. The molecule has 0 radical (unpaired) electrons. The first-order valence-electron chi connectivity index (χ1n) is 10.6. The van der Waals surface area contributed by atoms with E-state index in [1.54, 1.807) is 12.4 Å². The lowest BCUT2D eigenvalue weighted by Gasteiger charge is -2.43. The van der Waals surface area contributed by atoms with E-state index in [-0.39, 0.29) is 5.56 Å². The molecule has 30 heavy (non-hydrogen) atoms. The van der Waals surface area contributed by atoms with E-state index in [0.29, 0.717) is 23.2 Å². The molecular weight excluding hydrogens is 378 g/mol. The molecule has 3 aromatic rings. The Balaban J connectivity index is 1.49. The lowest BCUT2D eigenvalue weighted by molar-refractivity contribution is 0.281. The zero-order valence-electron chi connectivity index (χ0n) is 17.7. The first-order chi connectivity index (χ1) is 14.5. The Morgan fingerprint density at radius 2 is 2.07 bits per heavy atom. The lowest BCUT2D eigenvalue weighted by atomic mass is 9.83. The Hall–Kier alpha value is -3.16. The second-order valence-corrected chi connectivity index (χ2v) is 8.49. The molecule has 8 nitrogen and oxygen atoms in total. The van der Waals surface area contributed by atoms with Crippen molar-refractivity contribution in [3.05, 3.63) is 52.3 Å². The van der Waals surface area contributed by atoms with E-state index >= 15 is 0 Å². The number of hydrogen-bond acceptors (Lipinski definition) is 6. The molecule has 0 unspecified atom stereocenters. The molecule has 0 spiro atoms. The summed E-state index contributed by atoms with van der Waals surface area (Å²) in [5.74, 6) is 3.11. The van der Waals surface area contributed by atoms with Crippen LogP contribution in [0.25, 0.3) is 11.4 Å². The van der Waals surface area contributed by atoms with Gasteiger partial charge in [0, 0.05) is 69.5 Å². The van der Waals surface area contributed by atoms with E-state index in [1.165, 1.54) is 0 Å². The van der Waals surface area contributed by atoms with E-state index < -0.39 is 0 Å². The van der Waals surface area contributed by atoms with Crippen LogP contribution in [0.5, 0.6) is 0 Å². The van der Waals surface area contributed by atoms with E-state index in [4.69, 9.17) is 4.98 Å². The third-order valence-electron chi connectivity index (χ3n) is 6.20. The molecule has 2 aliphatic rings. The van der Waals surface area contributed by atoms with E-state index in [9.17, 15) is 4.79 Å². The summed E-state index contributed by atoms with van der Waals surface area (Å²) in [5.41, 5.74) is 2.86. The van der Waals surface area contributed by atoms with Crippen LogP contribution in [0.2, 0.25) is 0 Å². The predicted octanol–water partition coefficient (Wildman–Crippen LogP) is 2.28. The highest BCUT2D eigenvalue weighted by Gasteiger charge is 2.36. The number of nitrogens with zero attached hydrogens (tertiary/aromatic N) is 6. The molecule has 1 N–H and O–H groups in total. The number of H-pyrrole nitrogens is 1. The molecule has 0 aliphatic carbocycles. The Morgan fingerprint density at radius 1 is 1.20 bits per heavy atom. The van der Waals surface area contributed by atoms with Gasteiger partial charge in [-0.1, -0.05) is 6.92 Å². The maximum Gasteiger partial charge on any atom is 0.261 e. The summed E-state index contributed by atoms with van der Waals surface area (Å²) >= 11 is 0. The topological polar surface area (TPSA) is 82.9 Å². The van der Waals surface area contributed by atoms with Crippen molar-refractivity contribution in [2.75, 3.05) is 37.0 Å². The van der Waals surface area contributed by atoms with Crippen molar-refractivity contribution >= 4 is 11.8 Å². The lowest BCUT2D eigenvalue weighted by Crippen LogP contribution is -2.47. The summed E-state index contributed by atoms with van der Waals surface area (Å²) in [6.07, 6.45) is 5.42. The van der Waals surface area contributed by atoms with Gasteiger partial charge in [-0.25, -0.2) is 9.97 Å². The largest absolute Gasteiger partial charge is 0.355 e. The summed E-state index contributed by atoms with van der Waals surface area (Å²) < 4.78 is 1.97. The normalized spacial score (nSPS) is 20.2. The third kappa shape index (κ3) is 3.16. The van der Waals surface area contributed by atoms with Gasteiger partial charge < -0.3 is 19.4 Å². The molecule has 2 aliphatic heterocycles. The average Bonchev–Trinajstić information content (AvgIpc) is 3.28. The van der Waals surface area contributed by atoms with Gasteiger partial charge in [0.05, 0.1) is 5.56 Å². The smallest absolute Gasteiger partial charge is 0.261 e. The highest BCUT2D eigenvalue weighted by molar-refractivity contribution is 5.54. The Bertz CT molecular complexity index is 1120. The maximum atomic E-state index is 13.2. The van der Waals surface area contributed by atoms with Crippen LogP contribution < -0.4 is 15.4 Å². The number of anilines is 2. The Labute approximate surface area is 175 Å². The Kier molecular flexibility index (Phi) is 4.56. The molecular formula is C22H27N7O. The first kappa shape index (κ1) is 18.8. The van der Waals surface area contributed by atoms with Crippen LogP contribution in [-0.2, 0) is 13.0 Å². The fourth-order valence-corrected chi connectivity index (χ4v) is 4.74. The van der Waals surface area contributed by atoms with Crippen molar-refractivity contribution in [1.82, 2.24) is 24.5 Å². The van der Waals surface area contributed by atoms with Crippen LogP contribution in [0, 0.1) is 5.92 Å². The van der Waals surface area contributed by atoms with Crippen molar-refractivity contribution in [3.8, 4) is 11.4 Å². The van der Waals surface area contributed by atoms with Crippen LogP contribution >= 0.6 is 0 Å². The zero-order chi connectivity index (χ0) is 20.8. The highest BCUT2D eigenvalue weighted by Crippen LogP contribution is 2.37. The zero-order valence-corrected chi connectivity index (χ0v) is 17.7. The number of aryl methyl sites for hydroxylation is 1. The summed E-state index contributed by atoms with van der Waals surface area (Å²) in [7, 11) is 3.95. The van der Waals surface area contributed by atoms with Gasteiger partial charge >= 0.3 is 0 Å². The molecule has 1 saturated heterocycles. The average molecular weight is 406 g/mol. The number of pyridine rings is 1. The minimum absolute atomic E-state index is 0.0517. The SMILES string of the molecule is CCc1cc(N2C[C@@H]3C[C@H](C2)c2ccc(-c4ncc[nH]4)c(=O)n2C3)nc(N(C)C)n1. The molecule has 5 rings (SSSR count). The van der Waals surface area contributed by atoms with Gasteiger partial charge in [0.25, 0.3) is 5.56 Å². The van der Waals surface area contributed by atoms with E-state index in [1.807, 2.05) is 29.6 Å². The molecule has 8 heteroatoms. The monoisotopic (exact) mass is 405 g/mol. The summed E-state index contributed by atoms with van der Waals surface area (Å²) in [6, 6.07) is 6.13. The van der Waals surface area contributed by atoms with Crippen LogP contribution in [0.15, 0.2) is 35.4 Å². The number of piperidine rings is 1. The molecule has 2 atom stereocenters. The van der Waals surface area contributed by atoms with Gasteiger partial charge in [-0.05, 0) is 30.9 Å². The van der Waals surface area contributed by atoms with Crippen LogP contribution in [0.1, 0.15) is 30.7 Å². The summed E-state index contributed by atoms with van der Waals surface area (Å²) in [5, 5.41) is 0. The number of aromatic nitrogens is 5. The second-order valence-electron chi connectivity index (χ2n) is 8.49. The molecule has 5 heterocycles. The molecule has 3 aromatic heterocycles. The Morgan fingerprint density at radius 3 is 2.80 bits per heavy atom. The van der Waals surface area contributed by atoms with Crippen molar-refractivity contribution in [2.45, 2.75) is 32.2 Å². The number of hydrogen-bond donors (Lipinski definition) is 1. The highest BCUT2D eigenvalue weighted by atomic mass is 16.1. The molecule has 2 bridgehead atoms. The number of fused-ring (bicyclic) bond motifs is 4. The number of rotatable bonds is 4. The number of nitrogens with one attached hydrogen (secondary N) is 1. The minimum atomic E-state index is 0.0517. The van der Waals surface area contributed by atoms with E-state index in [2.05, 4.69) is 38.9 Å². The van der Waals surface area contributed by atoms with Gasteiger partial charge in [0.15, 0.2) is 0 Å². The predicted molar refractivity (Wildman–Crippen MR) is 117 cm³/mol.